The van der Waals surface area contributed by atoms with Crippen LogP contribution in [-0.4, -0.2) is 32.8 Å². The molecule has 0 bridgehead atoms. The maximum atomic E-state index is 12.7. The fourth-order valence-electron chi connectivity index (χ4n) is 1.74. The Balaban J connectivity index is 2.90. The zero-order chi connectivity index (χ0) is 15.0. The molecular formula is C14H19F2NO3. The lowest BCUT2D eigenvalue weighted by molar-refractivity contribution is -0.145. The highest BCUT2D eigenvalue weighted by atomic mass is 19.3. The standard InChI is InChI=1S/C14H19F2NO3/c1-3-20-14(18)12(17-7-8-19-2)10-5-4-6-11(9-10)13(15)16/h4-6,9,12-13,17H,3,7-8H2,1-2H3. The van der Waals surface area contributed by atoms with Crippen molar-refractivity contribution in [3.05, 3.63) is 35.4 Å². The first kappa shape index (κ1) is 16.5. The van der Waals surface area contributed by atoms with Gasteiger partial charge in [0.2, 0.25) is 0 Å². The van der Waals surface area contributed by atoms with Crippen LogP contribution >= 0.6 is 0 Å². The number of esters is 1. The van der Waals surface area contributed by atoms with Gasteiger partial charge in [-0.15, -0.1) is 0 Å². The molecule has 1 aromatic carbocycles. The number of hydrogen-bond acceptors (Lipinski definition) is 4. The Bertz CT molecular complexity index is 427. The lowest BCUT2D eigenvalue weighted by atomic mass is 10.0. The molecule has 112 valence electrons. The van der Waals surface area contributed by atoms with E-state index >= 15 is 0 Å². The second kappa shape index (κ2) is 8.60. The Morgan fingerprint density at radius 3 is 2.65 bits per heavy atom. The molecular weight excluding hydrogens is 268 g/mol. The van der Waals surface area contributed by atoms with Crippen LogP contribution in [0.3, 0.4) is 0 Å². The molecule has 0 aliphatic carbocycles. The summed E-state index contributed by atoms with van der Waals surface area (Å²) in [4.78, 5) is 11.9. The minimum Gasteiger partial charge on any atom is -0.465 e. The van der Waals surface area contributed by atoms with Gasteiger partial charge >= 0.3 is 5.97 Å². The molecule has 0 amide bonds. The summed E-state index contributed by atoms with van der Waals surface area (Å²) in [5.74, 6) is -0.491. The van der Waals surface area contributed by atoms with Crippen LogP contribution in [0.25, 0.3) is 0 Å². The number of halogens is 2. The van der Waals surface area contributed by atoms with Crippen LogP contribution in [0.1, 0.15) is 30.5 Å². The SMILES string of the molecule is CCOC(=O)C(NCCOC)c1cccc(C(F)F)c1. The van der Waals surface area contributed by atoms with Gasteiger partial charge in [-0.2, -0.15) is 0 Å². The predicted molar refractivity (Wildman–Crippen MR) is 70.7 cm³/mol. The Kier molecular flexibility index (Phi) is 7.11. The summed E-state index contributed by atoms with van der Waals surface area (Å²) in [7, 11) is 1.54. The number of ether oxygens (including phenoxy) is 2. The summed E-state index contributed by atoms with van der Waals surface area (Å²) in [6.07, 6.45) is -2.57. The van der Waals surface area contributed by atoms with Crippen LogP contribution in [0.2, 0.25) is 0 Å². The Hall–Kier alpha value is -1.53. The highest BCUT2D eigenvalue weighted by Gasteiger charge is 2.22. The second-order valence-corrected chi connectivity index (χ2v) is 4.10. The second-order valence-electron chi connectivity index (χ2n) is 4.10. The number of carbonyl (C=O) groups is 1. The molecule has 1 unspecified atom stereocenters. The summed E-state index contributed by atoms with van der Waals surface area (Å²) in [5, 5.41) is 2.94. The summed E-state index contributed by atoms with van der Waals surface area (Å²) < 4.78 is 35.3. The van der Waals surface area contributed by atoms with E-state index in [1.165, 1.54) is 18.2 Å². The summed E-state index contributed by atoms with van der Waals surface area (Å²) >= 11 is 0. The fraction of sp³-hybridized carbons (Fsp3) is 0.500. The van der Waals surface area contributed by atoms with Gasteiger partial charge in [-0.1, -0.05) is 18.2 Å². The molecule has 0 aliphatic rings. The third kappa shape index (κ3) is 4.86. The van der Waals surface area contributed by atoms with Crippen molar-refractivity contribution in [3.8, 4) is 0 Å². The van der Waals surface area contributed by atoms with Crippen LogP contribution in [0.4, 0.5) is 8.78 Å². The van der Waals surface area contributed by atoms with Gasteiger partial charge in [0.25, 0.3) is 6.43 Å². The van der Waals surface area contributed by atoms with Crippen LogP contribution in [0.5, 0.6) is 0 Å². The molecule has 1 rings (SSSR count). The molecule has 0 saturated carbocycles. The molecule has 0 heterocycles. The Morgan fingerprint density at radius 1 is 1.35 bits per heavy atom. The van der Waals surface area contributed by atoms with E-state index in [1.807, 2.05) is 0 Å². The lowest BCUT2D eigenvalue weighted by Gasteiger charge is -2.18. The van der Waals surface area contributed by atoms with E-state index in [9.17, 15) is 13.6 Å². The molecule has 0 saturated heterocycles. The molecule has 20 heavy (non-hydrogen) atoms. The third-order valence-electron chi connectivity index (χ3n) is 2.67. The van der Waals surface area contributed by atoms with E-state index in [4.69, 9.17) is 9.47 Å². The van der Waals surface area contributed by atoms with Crippen molar-refractivity contribution < 1.29 is 23.0 Å². The van der Waals surface area contributed by atoms with Gasteiger partial charge in [-0.3, -0.25) is 5.32 Å². The molecule has 0 fully saturated rings. The van der Waals surface area contributed by atoms with E-state index in [2.05, 4.69) is 5.32 Å². The van der Waals surface area contributed by atoms with E-state index in [0.717, 1.165) is 0 Å². The van der Waals surface area contributed by atoms with Gasteiger partial charge in [0, 0.05) is 19.2 Å². The van der Waals surface area contributed by atoms with Gasteiger partial charge in [0.15, 0.2) is 0 Å². The van der Waals surface area contributed by atoms with Gasteiger partial charge in [0.05, 0.1) is 13.2 Å². The Labute approximate surface area is 117 Å². The number of hydrogen-bond donors (Lipinski definition) is 1. The van der Waals surface area contributed by atoms with Crippen LogP contribution in [0.15, 0.2) is 24.3 Å². The summed E-state index contributed by atoms with van der Waals surface area (Å²) in [6, 6.07) is 4.98. The first-order valence-electron chi connectivity index (χ1n) is 6.37. The molecule has 0 radical (unpaired) electrons. The number of carbonyl (C=O) groups excluding carboxylic acids is 1. The largest absolute Gasteiger partial charge is 0.465 e. The monoisotopic (exact) mass is 287 g/mol. The molecule has 1 aromatic rings. The van der Waals surface area contributed by atoms with Crippen molar-refractivity contribution in [1.29, 1.82) is 0 Å². The number of benzene rings is 1. The summed E-state index contributed by atoms with van der Waals surface area (Å²) in [5.41, 5.74) is 0.336. The van der Waals surface area contributed by atoms with Crippen molar-refractivity contribution >= 4 is 5.97 Å². The average molecular weight is 287 g/mol. The van der Waals surface area contributed by atoms with E-state index in [1.54, 1.807) is 20.1 Å². The molecule has 0 aliphatic heterocycles. The minimum absolute atomic E-state index is 0.120. The van der Waals surface area contributed by atoms with Crippen LogP contribution in [0, 0.1) is 0 Å². The Morgan fingerprint density at radius 2 is 2.05 bits per heavy atom. The highest BCUT2D eigenvalue weighted by molar-refractivity contribution is 5.77. The van der Waals surface area contributed by atoms with Gasteiger partial charge in [-0.05, 0) is 18.6 Å². The van der Waals surface area contributed by atoms with Crippen molar-refractivity contribution in [1.82, 2.24) is 5.32 Å². The van der Waals surface area contributed by atoms with Gasteiger partial charge in [-0.25, -0.2) is 13.6 Å². The van der Waals surface area contributed by atoms with Crippen molar-refractivity contribution in [2.75, 3.05) is 26.9 Å². The van der Waals surface area contributed by atoms with E-state index in [-0.39, 0.29) is 12.2 Å². The molecule has 1 atom stereocenters. The zero-order valence-corrected chi connectivity index (χ0v) is 11.6. The van der Waals surface area contributed by atoms with Crippen molar-refractivity contribution in [3.63, 3.8) is 0 Å². The third-order valence-corrected chi connectivity index (χ3v) is 2.67. The number of nitrogens with one attached hydrogen (secondary N) is 1. The molecule has 6 heteroatoms. The number of methoxy groups -OCH3 is 1. The highest BCUT2D eigenvalue weighted by Crippen LogP contribution is 2.23. The van der Waals surface area contributed by atoms with Crippen LogP contribution in [-0.2, 0) is 14.3 Å². The maximum absolute atomic E-state index is 12.7. The average Bonchev–Trinajstić information content (AvgIpc) is 2.44. The molecule has 4 nitrogen and oxygen atoms in total. The first-order chi connectivity index (χ1) is 9.60. The quantitative estimate of drug-likeness (QED) is 0.589. The minimum atomic E-state index is -2.57. The predicted octanol–water partition coefficient (Wildman–Crippen LogP) is 2.46. The smallest absolute Gasteiger partial charge is 0.327 e. The van der Waals surface area contributed by atoms with Gasteiger partial charge < -0.3 is 9.47 Å². The molecule has 0 spiro atoms. The van der Waals surface area contributed by atoms with E-state index in [0.29, 0.717) is 18.7 Å². The molecule has 1 N–H and O–H groups in total. The summed E-state index contributed by atoms with van der Waals surface area (Å²) in [6.45, 7) is 2.75. The fourth-order valence-corrected chi connectivity index (χ4v) is 1.74. The van der Waals surface area contributed by atoms with Crippen molar-refractivity contribution in [2.45, 2.75) is 19.4 Å². The maximum Gasteiger partial charge on any atom is 0.327 e. The topological polar surface area (TPSA) is 47.6 Å². The zero-order valence-electron chi connectivity index (χ0n) is 11.6. The number of rotatable bonds is 8. The first-order valence-corrected chi connectivity index (χ1v) is 6.37. The van der Waals surface area contributed by atoms with Gasteiger partial charge in [0.1, 0.15) is 6.04 Å². The van der Waals surface area contributed by atoms with Crippen LogP contribution < -0.4 is 5.32 Å². The number of alkyl halides is 2. The molecule has 0 aromatic heterocycles. The van der Waals surface area contributed by atoms with E-state index < -0.39 is 18.4 Å². The lowest BCUT2D eigenvalue weighted by Crippen LogP contribution is -2.32. The normalized spacial score (nSPS) is 12.4. The van der Waals surface area contributed by atoms with Crippen molar-refractivity contribution in [2.24, 2.45) is 0 Å².